The van der Waals surface area contributed by atoms with Crippen LogP contribution in [0.3, 0.4) is 0 Å². The largest absolute Gasteiger partial charge is 0.375 e. The quantitative estimate of drug-likeness (QED) is 0.615. The fourth-order valence-electron chi connectivity index (χ4n) is 1.58. The standard InChI is InChI=1S/C8H18N2O/c9-5-3-7-1-2-8(11-7)4-6-10/h7-8H,1-6,9-10H2/t7-,8+. The van der Waals surface area contributed by atoms with Crippen LogP contribution < -0.4 is 11.5 Å². The van der Waals surface area contributed by atoms with Gasteiger partial charge in [-0.25, -0.2) is 0 Å². The lowest BCUT2D eigenvalue weighted by atomic mass is 10.1. The fourth-order valence-corrected chi connectivity index (χ4v) is 1.58. The van der Waals surface area contributed by atoms with Crippen LogP contribution in [-0.4, -0.2) is 25.3 Å². The summed E-state index contributed by atoms with van der Waals surface area (Å²) in [6, 6.07) is 0. The van der Waals surface area contributed by atoms with Crippen molar-refractivity contribution in [2.45, 2.75) is 37.9 Å². The molecule has 0 amide bonds. The summed E-state index contributed by atoms with van der Waals surface area (Å²) in [5.74, 6) is 0. The third-order valence-electron chi connectivity index (χ3n) is 2.17. The van der Waals surface area contributed by atoms with E-state index in [1.54, 1.807) is 0 Å². The van der Waals surface area contributed by atoms with E-state index in [0.717, 1.165) is 25.9 Å². The molecule has 1 heterocycles. The number of hydrogen-bond donors (Lipinski definition) is 2. The Kier molecular flexibility index (Phi) is 3.83. The van der Waals surface area contributed by atoms with Crippen molar-refractivity contribution in [3.05, 3.63) is 0 Å². The van der Waals surface area contributed by atoms with Crippen molar-refractivity contribution in [3.63, 3.8) is 0 Å². The molecule has 0 aromatic carbocycles. The third kappa shape index (κ3) is 2.77. The van der Waals surface area contributed by atoms with Gasteiger partial charge in [-0.15, -0.1) is 0 Å². The Morgan fingerprint density at radius 1 is 1.00 bits per heavy atom. The second-order valence-corrected chi connectivity index (χ2v) is 3.11. The van der Waals surface area contributed by atoms with E-state index in [4.69, 9.17) is 16.2 Å². The predicted octanol–water partition coefficient (Wildman–Crippen LogP) is 0.232. The molecule has 0 radical (unpaired) electrons. The van der Waals surface area contributed by atoms with Crippen molar-refractivity contribution in [2.24, 2.45) is 11.5 Å². The molecule has 3 nitrogen and oxygen atoms in total. The smallest absolute Gasteiger partial charge is 0.0591 e. The lowest BCUT2D eigenvalue weighted by molar-refractivity contribution is 0.0390. The van der Waals surface area contributed by atoms with Gasteiger partial charge in [0.05, 0.1) is 12.2 Å². The van der Waals surface area contributed by atoms with Gasteiger partial charge in [0, 0.05) is 0 Å². The van der Waals surface area contributed by atoms with Crippen LogP contribution in [-0.2, 0) is 4.74 Å². The third-order valence-corrected chi connectivity index (χ3v) is 2.17. The molecule has 0 aromatic heterocycles. The predicted molar refractivity (Wildman–Crippen MR) is 45.2 cm³/mol. The Morgan fingerprint density at radius 3 is 1.82 bits per heavy atom. The van der Waals surface area contributed by atoms with Gasteiger partial charge in [0.1, 0.15) is 0 Å². The molecule has 0 saturated carbocycles. The summed E-state index contributed by atoms with van der Waals surface area (Å²) in [6.07, 6.45) is 5.17. The Balaban J connectivity index is 2.12. The van der Waals surface area contributed by atoms with Crippen molar-refractivity contribution in [3.8, 4) is 0 Å². The van der Waals surface area contributed by atoms with E-state index in [1.807, 2.05) is 0 Å². The molecule has 11 heavy (non-hydrogen) atoms. The number of nitrogens with two attached hydrogens (primary N) is 2. The Labute approximate surface area is 68.1 Å². The zero-order valence-electron chi connectivity index (χ0n) is 6.96. The van der Waals surface area contributed by atoms with Crippen molar-refractivity contribution in [2.75, 3.05) is 13.1 Å². The average molecular weight is 158 g/mol. The molecule has 1 aliphatic rings. The van der Waals surface area contributed by atoms with E-state index in [0.29, 0.717) is 12.2 Å². The molecule has 3 heteroatoms. The zero-order valence-corrected chi connectivity index (χ0v) is 6.96. The lowest BCUT2D eigenvalue weighted by Crippen LogP contribution is -2.17. The highest BCUT2D eigenvalue weighted by Gasteiger charge is 2.23. The van der Waals surface area contributed by atoms with Crippen molar-refractivity contribution in [1.82, 2.24) is 0 Å². The number of rotatable bonds is 4. The van der Waals surface area contributed by atoms with E-state index in [-0.39, 0.29) is 0 Å². The molecule has 4 N–H and O–H groups in total. The minimum absolute atomic E-state index is 0.413. The highest BCUT2D eigenvalue weighted by atomic mass is 16.5. The Hall–Kier alpha value is -0.120. The van der Waals surface area contributed by atoms with Crippen molar-refractivity contribution < 1.29 is 4.74 Å². The highest BCUT2D eigenvalue weighted by Crippen LogP contribution is 2.23. The SMILES string of the molecule is NCC[C@@H]1CC[C@H](CCN)O1. The molecule has 0 spiro atoms. The molecule has 1 fully saturated rings. The number of hydrogen-bond acceptors (Lipinski definition) is 3. The topological polar surface area (TPSA) is 61.3 Å². The average Bonchev–Trinajstić information content (AvgIpc) is 2.38. The van der Waals surface area contributed by atoms with Crippen LogP contribution in [0.4, 0.5) is 0 Å². The second kappa shape index (κ2) is 4.70. The van der Waals surface area contributed by atoms with Gasteiger partial charge in [-0.3, -0.25) is 0 Å². The van der Waals surface area contributed by atoms with Gasteiger partial charge in [-0.05, 0) is 38.8 Å². The minimum Gasteiger partial charge on any atom is -0.375 e. The molecule has 0 bridgehead atoms. The fraction of sp³-hybridized carbons (Fsp3) is 1.00. The first kappa shape index (κ1) is 8.97. The normalized spacial score (nSPS) is 31.1. The van der Waals surface area contributed by atoms with Crippen LogP contribution in [0.2, 0.25) is 0 Å². The highest BCUT2D eigenvalue weighted by molar-refractivity contribution is 4.73. The Bertz CT molecular complexity index is 96.3. The zero-order chi connectivity index (χ0) is 8.10. The van der Waals surface area contributed by atoms with Gasteiger partial charge in [0.15, 0.2) is 0 Å². The Morgan fingerprint density at radius 2 is 1.45 bits per heavy atom. The second-order valence-electron chi connectivity index (χ2n) is 3.11. The molecular formula is C8H18N2O. The van der Waals surface area contributed by atoms with Gasteiger partial charge in [-0.1, -0.05) is 0 Å². The van der Waals surface area contributed by atoms with E-state index >= 15 is 0 Å². The van der Waals surface area contributed by atoms with Crippen molar-refractivity contribution >= 4 is 0 Å². The lowest BCUT2D eigenvalue weighted by Gasteiger charge is -2.11. The summed E-state index contributed by atoms with van der Waals surface area (Å²) in [6.45, 7) is 1.47. The first-order valence-corrected chi connectivity index (χ1v) is 4.42. The van der Waals surface area contributed by atoms with Gasteiger partial charge < -0.3 is 16.2 Å². The summed E-state index contributed by atoms with van der Waals surface area (Å²) in [4.78, 5) is 0. The summed E-state index contributed by atoms with van der Waals surface area (Å²) in [5, 5.41) is 0. The summed E-state index contributed by atoms with van der Waals surface area (Å²) in [5.41, 5.74) is 10.8. The van der Waals surface area contributed by atoms with Crippen LogP contribution in [0.15, 0.2) is 0 Å². The van der Waals surface area contributed by atoms with E-state index < -0.39 is 0 Å². The molecule has 2 atom stereocenters. The van der Waals surface area contributed by atoms with E-state index in [2.05, 4.69) is 0 Å². The maximum absolute atomic E-state index is 5.68. The maximum Gasteiger partial charge on any atom is 0.0591 e. The molecule has 66 valence electrons. The van der Waals surface area contributed by atoms with Crippen molar-refractivity contribution in [1.29, 1.82) is 0 Å². The van der Waals surface area contributed by atoms with Crippen LogP contribution in [0, 0.1) is 0 Å². The minimum atomic E-state index is 0.413. The van der Waals surface area contributed by atoms with E-state index in [9.17, 15) is 0 Å². The van der Waals surface area contributed by atoms with Crippen LogP contribution in [0.5, 0.6) is 0 Å². The molecule has 0 unspecified atom stereocenters. The molecule has 1 aliphatic heterocycles. The maximum atomic E-state index is 5.68. The summed E-state index contributed by atoms with van der Waals surface area (Å²) in [7, 11) is 0. The number of ether oxygens (including phenoxy) is 1. The van der Waals surface area contributed by atoms with Crippen LogP contribution >= 0.6 is 0 Å². The molecular weight excluding hydrogens is 140 g/mol. The monoisotopic (exact) mass is 158 g/mol. The molecule has 0 aliphatic carbocycles. The van der Waals surface area contributed by atoms with Gasteiger partial charge in [0.25, 0.3) is 0 Å². The van der Waals surface area contributed by atoms with Gasteiger partial charge >= 0.3 is 0 Å². The first-order chi connectivity index (χ1) is 5.36. The van der Waals surface area contributed by atoms with Gasteiger partial charge in [0.2, 0.25) is 0 Å². The molecule has 0 aromatic rings. The van der Waals surface area contributed by atoms with E-state index in [1.165, 1.54) is 12.8 Å². The molecule has 1 rings (SSSR count). The molecule has 1 saturated heterocycles. The summed E-state index contributed by atoms with van der Waals surface area (Å²) < 4.78 is 5.68. The van der Waals surface area contributed by atoms with Crippen LogP contribution in [0.25, 0.3) is 0 Å². The summed E-state index contributed by atoms with van der Waals surface area (Å²) >= 11 is 0. The van der Waals surface area contributed by atoms with Crippen LogP contribution in [0.1, 0.15) is 25.7 Å². The first-order valence-electron chi connectivity index (χ1n) is 4.42. The van der Waals surface area contributed by atoms with Gasteiger partial charge in [-0.2, -0.15) is 0 Å².